The van der Waals surface area contributed by atoms with Crippen LogP contribution in [0.5, 0.6) is 0 Å². The summed E-state index contributed by atoms with van der Waals surface area (Å²) in [6.45, 7) is 8.51. The third-order valence-corrected chi connectivity index (χ3v) is 3.33. The maximum atomic E-state index is 5.51. The van der Waals surface area contributed by atoms with Gasteiger partial charge in [0.1, 0.15) is 0 Å². The molecule has 0 spiro atoms. The quantitative estimate of drug-likeness (QED) is 0.837. The van der Waals surface area contributed by atoms with Gasteiger partial charge in [-0.2, -0.15) is 5.10 Å². The van der Waals surface area contributed by atoms with Gasteiger partial charge in [0.15, 0.2) is 0 Å². The molecule has 0 saturated carbocycles. The second-order valence-electron chi connectivity index (χ2n) is 4.79. The number of aromatic nitrogens is 2. The first-order valence-corrected chi connectivity index (χ1v) is 7.19. The van der Waals surface area contributed by atoms with Gasteiger partial charge in [-0.1, -0.05) is 18.2 Å². The van der Waals surface area contributed by atoms with E-state index in [1.165, 1.54) is 11.1 Å². The normalized spacial score (nSPS) is 12.3. The van der Waals surface area contributed by atoms with Crippen molar-refractivity contribution in [3.8, 4) is 0 Å². The van der Waals surface area contributed by atoms with Crippen molar-refractivity contribution >= 4 is 5.69 Å². The van der Waals surface area contributed by atoms with Gasteiger partial charge in [0.25, 0.3) is 0 Å². The molecule has 1 aromatic heterocycles. The fourth-order valence-electron chi connectivity index (χ4n) is 2.09. The molecule has 0 fully saturated rings. The van der Waals surface area contributed by atoms with E-state index in [4.69, 9.17) is 4.74 Å². The van der Waals surface area contributed by atoms with Crippen molar-refractivity contribution in [3.05, 3.63) is 47.8 Å². The number of hydrogen-bond donors (Lipinski definition) is 1. The third kappa shape index (κ3) is 3.61. The Balaban J connectivity index is 2.08. The fraction of sp³-hybridized carbons (Fsp3) is 0.438. The van der Waals surface area contributed by atoms with Crippen molar-refractivity contribution in [3.63, 3.8) is 0 Å². The second-order valence-corrected chi connectivity index (χ2v) is 4.79. The van der Waals surface area contributed by atoms with Gasteiger partial charge in [0.2, 0.25) is 0 Å². The van der Waals surface area contributed by atoms with E-state index in [9.17, 15) is 0 Å². The minimum Gasteiger partial charge on any atom is -0.378 e. The fourth-order valence-corrected chi connectivity index (χ4v) is 2.09. The standard InChI is InChI=1S/C16H23N3O/c1-4-19-11-15(10-17-19)13(3)18-16-9-7-6-8-14(16)12-20-5-2/h6-11,13,18H,4-5,12H2,1-3H3. The minimum atomic E-state index is 0.220. The summed E-state index contributed by atoms with van der Waals surface area (Å²) in [5, 5.41) is 7.86. The van der Waals surface area contributed by atoms with E-state index < -0.39 is 0 Å². The van der Waals surface area contributed by atoms with E-state index in [0.29, 0.717) is 6.61 Å². The lowest BCUT2D eigenvalue weighted by atomic mass is 10.1. The summed E-state index contributed by atoms with van der Waals surface area (Å²) in [7, 11) is 0. The van der Waals surface area contributed by atoms with Crippen LogP contribution in [0.25, 0.3) is 0 Å². The van der Waals surface area contributed by atoms with Crippen molar-refractivity contribution in [1.29, 1.82) is 0 Å². The van der Waals surface area contributed by atoms with Crippen molar-refractivity contribution in [2.75, 3.05) is 11.9 Å². The minimum absolute atomic E-state index is 0.220. The lowest BCUT2D eigenvalue weighted by Gasteiger charge is -2.17. The molecule has 0 aliphatic rings. The Labute approximate surface area is 120 Å². The molecule has 0 aliphatic carbocycles. The Bertz CT molecular complexity index is 536. The SMILES string of the molecule is CCOCc1ccccc1NC(C)c1cnn(CC)c1. The maximum absolute atomic E-state index is 5.51. The van der Waals surface area contributed by atoms with Gasteiger partial charge in [-0.15, -0.1) is 0 Å². The van der Waals surface area contributed by atoms with Gasteiger partial charge in [0, 0.05) is 36.2 Å². The molecule has 1 unspecified atom stereocenters. The van der Waals surface area contributed by atoms with E-state index >= 15 is 0 Å². The Morgan fingerprint density at radius 2 is 2.10 bits per heavy atom. The van der Waals surface area contributed by atoms with Gasteiger partial charge in [-0.25, -0.2) is 0 Å². The van der Waals surface area contributed by atoms with Gasteiger partial charge in [-0.05, 0) is 26.8 Å². The molecule has 0 radical (unpaired) electrons. The Morgan fingerprint density at radius 1 is 1.30 bits per heavy atom. The van der Waals surface area contributed by atoms with Crippen molar-refractivity contribution < 1.29 is 4.74 Å². The molecule has 20 heavy (non-hydrogen) atoms. The molecule has 1 aromatic carbocycles. The highest BCUT2D eigenvalue weighted by Gasteiger charge is 2.10. The second kappa shape index (κ2) is 7.10. The zero-order valence-electron chi connectivity index (χ0n) is 12.5. The predicted octanol–water partition coefficient (Wildman–Crippen LogP) is 3.61. The van der Waals surface area contributed by atoms with E-state index in [1.54, 1.807) is 0 Å². The lowest BCUT2D eigenvalue weighted by Crippen LogP contribution is -2.08. The van der Waals surface area contributed by atoms with Gasteiger partial charge in [0.05, 0.1) is 18.8 Å². The number of benzene rings is 1. The molecule has 1 N–H and O–H groups in total. The van der Waals surface area contributed by atoms with Crippen molar-refractivity contribution in [2.45, 2.75) is 40.0 Å². The molecule has 4 nitrogen and oxygen atoms in total. The summed E-state index contributed by atoms with van der Waals surface area (Å²) in [4.78, 5) is 0. The average Bonchev–Trinajstić information content (AvgIpc) is 2.95. The van der Waals surface area contributed by atoms with Crippen LogP contribution in [0.3, 0.4) is 0 Å². The molecule has 2 rings (SSSR count). The molecule has 0 bridgehead atoms. The zero-order valence-corrected chi connectivity index (χ0v) is 12.5. The van der Waals surface area contributed by atoms with Crippen LogP contribution in [-0.4, -0.2) is 16.4 Å². The summed E-state index contributed by atoms with van der Waals surface area (Å²) in [5.74, 6) is 0. The summed E-state index contributed by atoms with van der Waals surface area (Å²) in [6.07, 6.45) is 4.01. The van der Waals surface area contributed by atoms with Gasteiger partial charge >= 0.3 is 0 Å². The Morgan fingerprint density at radius 3 is 2.80 bits per heavy atom. The zero-order chi connectivity index (χ0) is 14.4. The first-order chi connectivity index (χ1) is 9.74. The lowest BCUT2D eigenvalue weighted by molar-refractivity contribution is 0.134. The smallest absolute Gasteiger partial charge is 0.0736 e. The first kappa shape index (κ1) is 14.6. The van der Waals surface area contributed by atoms with Crippen LogP contribution in [0.15, 0.2) is 36.7 Å². The molecule has 0 saturated heterocycles. The van der Waals surface area contributed by atoms with Crippen LogP contribution < -0.4 is 5.32 Å². The number of hydrogen-bond acceptors (Lipinski definition) is 3. The molecule has 2 aromatic rings. The number of nitrogens with zero attached hydrogens (tertiary/aromatic N) is 2. The van der Waals surface area contributed by atoms with Crippen LogP contribution >= 0.6 is 0 Å². The van der Waals surface area contributed by atoms with Crippen LogP contribution in [0.4, 0.5) is 5.69 Å². The summed E-state index contributed by atoms with van der Waals surface area (Å²) in [6, 6.07) is 8.49. The van der Waals surface area contributed by atoms with E-state index in [1.807, 2.05) is 29.9 Å². The number of ether oxygens (including phenoxy) is 1. The molecular formula is C16H23N3O. The monoisotopic (exact) mass is 273 g/mol. The number of para-hydroxylation sites is 1. The van der Waals surface area contributed by atoms with Gasteiger partial charge < -0.3 is 10.1 Å². The molecular weight excluding hydrogens is 250 g/mol. The van der Waals surface area contributed by atoms with Gasteiger partial charge in [-0.3, -0.25) is 4.68 Å². The number of nitrogens with one attached hydrogen (secondary N) is 1. The summed E-state index contributed by atoms with van der Waals surface area (Å²) in [5.41, 5.74) is 3.50. The molecule has 0 aliphatic heterocycles. The molecule has 1 heterocycles. The van der Waals surface area contributed by atoms with Crippen LogP contribution in [0.1, 0.15) is 37.9 Å². The molecule has 4 heteroatoms. The third-order valence-electron chi connectivity index (χ3n) is 3.33. The topological polar surface area (TPSA) is 39.1 Å². The van der Waals surface area contributed by atoms with E-state index in [-0.39, 0.29) is 6.04 Å². The van der Waals surface area contributed by atoms with Crippen LogP contribution in [0.2, 0.25) is 0 Å². The summed E-state index contributed by atoms with van der Waals surface area (Å²) < 4.78 is 7.46. The first-order valence-electron chi connectivity index (χ1n) is 7.19. The highest BCUT2D eigenvalue weighted by atomic mass is 16.5. The average molecular weight is 273 g/mol. The molecule has 1 atom stereocenters. The highest BCUT2D eigenvalue weighted by Crippen LogP contribution is 2.22. The Kier molecular flexibility index (Phi) is 5.18. The van der Waals surface area contributed by atoms with Crippen molar-refractivity contribution in [2.24, 2.45) is 0 Å². The van der Waals surface area contributed by atoms with E-state index in [2.05, 4.69) is 42.6 Å². The highest BCUT2D eigenvalue weighted by molar-refractivity contribution is 5.52. The number of aryl methyl sites for hydroxylation is 1. The molecule has 0 amide bonds. The number of rotatable bonds is 7. The van der Waals surface area contributed by atoms with Crippen LogP contribution in [-0.2, 0) is 17.9 Å². The predicted molar refractivity (Wildman–Crippen MR) is 81.7 cm³/mol. The van der Waals surface area contributed by atoms with Crippen LogP contribution in [0, 0.1) is 0 Å². The van der Waals surface area contributed by atoms with Crippen molar-refractivity contribution in [1.82, 2.24) is 9.78 Å². The van der Waals surface area contributed by atoms with E-state index in [0.717, 1.165) is 18.8 Å². The largest absolute Gasteiger partial charge is 0.378 e. The summed E-state index contributed by atoms with van der Waals surface area (Å²) >= 11 is 0. The maximum Gasteiger partial charge on any atom is 0.0736 e. The molecule has 108 valence electrons. The number of anilines is 1. The Hall–Kier alpha value is -1.81.